The van der Waals surface area contributed by atoms with E-state index in [-0.39, 0.29) is 17.6 Å². The van der Waals surface area contributed by atoms with Gasteiger partial charge in [-0.15, -0.1) is 0 Å². The van der Waals surface area contributed by atoms with Crippen LogP contribution in [0.2, 0.25) is 5.02 Å². The van der Waals surface area contributed by atoms with Gasteiger partial charge >= 0.3 is 0 Å². The van der Waals surface area contributed by atoms with Crippen molar-refractivity contribution in [2.45, 2.75) is 38.0 Å². The zero-order valence-corrected chi connectivity index (χ0v) is 18.2. The van der Waals surface area contributed by atoms with E-state index in [1.165, 1.54) is 11.8 Å². The number of nitrogens with zero attached hydrogens (tertiary/aromatic N) is 3. The van der Waals surface area contributed by atoms with Crippen molar-refractivity contribution in [1.82, 2.24) is 14.9 Å². The molecule has 1 amide bonds. The third-order valence-electron chi connectivity index (χ3n) is 4.98. The molecule has 150 valence electrons. The van der Waals surface area contributed by atoms with Gasteiger partial charge in [-0.3, -0.25) is 4.79 Å². The maximum Gasteiger partial charge on any atom is 0.231 e. The molecule has 2 aromatic carbocycles. The monoisotopic (exact) mass is 426 g/mol. The summed E-state index contributed by atoms with van der Waals surface area (Å²) in [4.78, 5) is 17.2. The highest BCUT2D eigenvalue weighted by atomic mass is 35.5. The minimum Gasteiger partial charge on any atom is -0.337 e. The SMILES string of the molecule is CC(C)[C@@](C)(C#N)NC(=O)CSc1nc2cc(Cl)ccc2n1Cc1ccccc1. The second kappa shape index (κ2) is 8.89. The summed E-state index contributed by atoms with van der Waals surface area (Å²) in [5, 5.41) is 13.6. The molecule has 3 rings (SSSR count). The first kappa shape index (κ1) is 21.2. The Balaban J connectivity index is 1.84. The van der Waals surface area contributed by atoms with E-state index in [2.05, 4.69) is 33.1 Å². The Kier molecular flexibility index (Phi) is 6.51. The highest BCUT2D eigenvalue weighted by Gasteiger charge is 2.30. The van der Waals surface area contributed by atoms with Crippen LogP contribution in [0.5, 0.6) is 0 Å². The molecule has 5 nitrogen and oxygen atoms in total. The van der Waals surface area contributed by atoms with Crippen molar-refractivity contribution >= 4 is 40.3 Å². The van der Waals surface area contributed by atoms with Gasteiger partial charge in [-0.2, -0.15) is 5.26 Å². The first-order chi connectivity index (χ1) is 13.8. The Bertz CT molecular complexity index is 1060. The lowest BCUT2D eigenvalue weighted by atomic mass is 9.90. The van der Waals surface area contributed by atoms with Crippen LogP contribution in [0.15, 0.2) is 53.7 Å². The fourth-order valence-electron chi connectivity index (χ4n) is 2.87. The van der Waals surface area contributed by atoms with E-state index in [9.17, 15) is 10.1 Å². The molecule has 1 heterocycles. The van der Waals surface area contributed by atoms with Crippen molar-refractivity contribution < 1.29 is 4.79 Å². The topological polar surface area (TPSA) is 70.7 Å². The Hall–Kier alpha value is -2.49. The molecule has 0 unspecified atom stereocenters. The van der Waals surface area contributed by atoms with E-state index in [4.69, 9.17) is 11.6 Å². The average molecular weight is 427 g/mol. The van der Waals surface area contributed by atoms with E-state index >= 15 is 0 Å². The van der Waals surface area contributed by atoms with Gasteiger partial charge in [0.2, 0.25) is 5.91 Å². The number of amides is 1. The van der Waals surface area contributed by atoms with E-state index in [0.717, 1.165) is 21.8 Å². The molecule has 7 heteroatoms. The van der Waals surface area contributed by atoms with Crippen LogP contribution in [0, 0.1) is 17.2 Å². The molecule has 0 aliphatic carbocycles. The Morgan fingerprint density at radius 1 is 1.31 bits per heavy atom. The summed E-state index contributed by atoms with van der Waals surface area (Å²) in [6.07, 6.45) is 0. The molecule has 3 aromatic rings. The van der Waals surface area contributed by atoms with Crippen molar-refractivity contribution in [3.8, 4) is 6.07 Å². The van der Waals surface area contributed by atoms with Gasteiger partial charge in [0.1, 0.15) is 5.54 Å². The zero-order valence-electron chi connectivity index (χ0n) is 16.6. The number of carbonyl (C=O) groups excluding carboxylic acids is 1. The first-order valence-electron chi connectivity index (χ1n) is 9.37. The maximum absolute atomic E-state index is 12.5. The molecule has 0 aliphatic heterocycles. The first-order valence-corrected chi connectivity index (χ1v) is 10.7. The van der Waals surface area contributed by atoms with Crippen LogP contribution in [0.4, 0.5) is 0 Å². The number of benzene rings is 2. The lowest BCUT2D eigenvalue weighted by Gasteiger charge is -2.27. The minimum atomic E-state index is -0.894. The number of hydrogen-bond acceptors (Lipinski definition) is 4. The molecule has 0 radical (unpaired) electrons. The average Bonchev–Trinajstić information content (AvgIpc) is 3.03. The third kappa shape index (κ3) is 4.92. The van der Waals surface area contributed by atoms with Gasteiger partial charge in [0, 0.05) is 5.02 Å². The van der Waals surface area contributed by atoms with Gasteiger partial charge in [-0.25, -0.2) is 4.98 Å². The van der Waals surface area contributed by atoms with Crippen molar-refractivity contribution in [1.29, 1.82) is 5.26 Å². The predicted octanol–water partition coefficient (Wildman–Crippen LogP) is 4.88. The van der Waals surface area contributed by atoms with E-state index in [0.29, 0.717) is 11.6 Å². The summed E-state index contributed by atoms with van der Waals surface area (Å²) >= 11 is 7.49. The molecule has 1 atom stereocenters. The maximum atomic E-state index is 12.5. The molecular weight excluding hydrogens is 404 g/mol. The van der Waals surface area contributed by atoms with Gasteiger partial charge in [-0.05, 0) is 36.6 Å². The molecule has 0 spiro atoms. The van der Waals surface area contributed by atoms with Crippen LogP contribution in [0.1, 0.15) is 26.3 Å². The van der Waals surface area contributed by atoms with Gasteiger partial charge in [-0.1, -0.05) is 67.5 Å². The normalized spacial score (nSPS) is 13.2. The molecule has 29 heavy (non-hydrogen) atoms. The lowest BCUT2D eigenvalue weighted by molar-refractivity contribution is -0.120. The number of fused-ring (bicyclic) bond motifs is 1. The van der Waals surface area contributed by atoms with Crippen molar-refractivity contribution in [3.05, 3.63) is 59.1 Å². The number of halogens is 1. The molecular formula is C22H23ClN4OS. The Morgan fingerprint density at radius 3 is 2.69 bits per heavy atom. The van der Waals surface area contributed by atoms with Crippen LogP contribution in [0.3, 0.4) is 0 Å². The number of carbonyl (C=O) groups is 1. The highest BCUT2D eigenvalue weighted by molar-refractivity contribution is 7.99. The van der Waals surface area contributed by atoms with Crippen molar-refractivity contribution in [2.24, 2.45) is 5.92 Å². The largest absolute Gasteiger partial charge is 0.337 e. The number of imidazole rings is 1. The molecule has 0 saturated carbocycles. The van der Waals surface area contributed by atoms with Crippen LogP contribution in [-0.4, -0.2) is 26.8 Å². The summed E-state index contributed by atoms with van der Waals surface area (Å²) in [5.74, 6) is -0.00844. The second-order valence-electron chi connectivity index (χ2n) is 7.40. The number of nitriles is 1. The Labute approximate surface area is 180 Å². The van der Waals surface area contributed by atoms with Crippen LogP contribution in [0.25, 0.3) is 11.0 Å². The summed E-state index contributed by atoms with van der Waals surface area (Å²) in [7, 11) is 0. The molecule has 0 saturated heterocycles. The number of hydrogen-bond donors (Lipinski definition) is 1. The van der Waals surface area contributed by atoms with E-state index in [1.54, 1.807) is 6.92 Å². The highest BCUT2D eigenvalue weighted by Crippen LogP contribution is 2.27. The van der Waals surface area contributed by atoms with E-state index in [1.807, 2.05) is 50.2 Å². The number of thioether (sulfide) groups is 1. The summed E-state index contributed by atoms with van der Waals surface area (Å²) in [6.45, 7) is 6.22. The van der Waals surface area contributed by atoms with Crippen LogP contribution in [-0.2, 0) is 11.3 Å². The van der Waals surface area contributed by atoms with Gasteiger partial charge in [0.15, 0.2) is 5.16 Å². The number of nitrogens with one attached hydrogen (secondary N) is 1. The molecule has 0 bridgehead atoms. The smallest absolute Gasteiger partial charge is 0.231 e. The van der Waals surface area contributed by atoms with Gasteiger partial charge < -0.3 is 9.88 Å². The second-order valence-corrected chi connectivity index (χ2v) is 8.78. The summed E-state index contributed by atoms with van der Waals surface area (Å²) in [6, 6.07) is 17.9. The molecule has 0 aliphatic rings. The summed E-state index contributed by atoms with van der Waals surface area (Å²) < 4.78 is 2.09. The lowest BCUT2D eigenvalue weighted by Crippen LogP contribution is -2.49. The standard InChI is InChI=1S/C22H23ClN4OS/c1-15(2)22(3,14-24)26-20(28)13-29-21-25-18-11-17(23)9-10-19(18)27(21)12-16-7-5-4-6-8-16/h4-11,15H,12-13H2,1-3H3,(H,26,28)/t22-/m1/s1. The number of rotatable bonds is 7. The molecule has 1 N–H and O–H groups in total. The molecule has 0 fully saturated rings. The summed E-state index contributed by atoms with van der Waals surface area (Å²) in [5.41, 5.74) is 2.01. The third-order valence-corrected chi connectivity index (χ3v) is 6.19. The fraction of sp³-hybridized carbons (Fsp3) is 0.318. The zero-order chi connectivity index (χ0) is 21.0. The predicted molar refractivity (Wildman–Crippen MR) is 118 cm³/mol. The Morgan fingerprint density at radius 2 is 2.03 bits per heavy atom. The van der Waals surface area contributed by atoms with Crippen LogP contribution >= 0.6 is 23.4 Å². The van der Waals surface area contributed by atoms with Crippen LogP contribution < -0.4 is 5.32 Å². The fourth-order valence-corrected chi connectivity index (χ4v) is 3.85. The number of aromatic nitrogens is 2. The van der Waals surface area contributed by atoms with Crippen molar-refractivity contribution in [3.63, 3.8) is 0 Å². The molecule has 1 aromatic heterocycles. The quantitative estimate of drug-likeness (QED) is 0.546. The van der Waals surface area contributed by atoms with E-state index < -0.39 is 5.54 Å². The van der Waals surface area contributed by atoms with Gasteiger partial charge in [0.05, 0.1) is 29.4 Å². The van der Waals surface area contributed by atoms with Gasteiger partial charge in [0.25, 0.3) is 0 Å². The van der Waals surface area contributed by atoms with Crippen molar-refractivity contribution in [2.75, 3.05) is 5.75 Å². The minimum absolute atomic E-state index is 0.00578.